The highest BCUT2D eigenvalue weighted by Gasteiger charge is 2.23. The van der Waals surface area contributed by atoms with Gasteiger partial charge in [0.15, 0.2) is 0 Å². The van der Waals surface area contributed by atoms with E-state index in [0.717, 1.165) is 225 Å². The maximum Gasteiger partial charge on any atom is 0.0886 e. The molecule has 0 amide bonds. The van der Waals surface area contributed by atoms with Crippen LogP contribution in [0.25, 0.3) is 218 Å². The van der Waals surface area contributed by atoms with Crippen LogP contribution in [0.1, 0.15) is 18.4 Å². The Morgan fingerprint density at radius 3 is 0.762 bits per heavy atom. The van der Waals surface area contributed by atoms with E-state index in [2.05, 4.69) is 303 Å². The van der Waals surface area contributed by atoms with Crippen LogP contribution in [0.2, 0.25) is 0 Å². The topological polar surface area (TPSA) is 154 Å². The molecule has 0 aliphatic carbocycles. The molecule has 12 nitrogen and oxygen atoms in total. The molecule has 12 heterocycles. The standard InChI is InChI=1S/C114H76N12/c1-3-51-123-111(13-1)109-64-110(112-14-2-4-52-124-112)106(62-105(109)85-33-17-76(18-34-85)90-10-6-48-118-66-90)86-37-25-80(26-38-86)96-58-98(72-122-70-96)97-57-95(69-121-71-97)79-23-35-84(36-24-79)102-60-101(107(93-11-7-49-119-67-93)63-108(102)94-12-8-50-120-68-94)83-31-21-78(22-32-83)92-40-42-114(126-74-92)113-41-39-91(73-125-113)77-19-29-82(30-20-77)100-59-99(81-27-15-75(16-28-81)89-9-5-47-117-65-89)103(87-43-53-115-54-44-87)61-104(100)88-45-55-116-56-46-88/h1-4,6-8,10-74H,5,9H2. The van der Waals surface area contributed by atoms with E-state index in [9.17, 15) is 0 Å². The van der Waals surface area contributed by atoms with Crippen LogP contribution in [-0.4, -0.2) is 61.0 Å². The Kier molecular flexibility index (Phi) is 21.0. The molecule has 12 heteroatoms. The highest BCUT2D eigenvalue weighted by atomic mass is 14.8. The van der Waals surface area contributed by atoms with E-state index in [-0.39, 0.29) is 0 Å². The number of aromatic nitrogens is 11. The van der Waals surface area contributed by atoms with Gasteiger partial charge >= 0.3 is 0 Å². The number of hydrogen-bond acceptors (Lipinski definition) is 12. The highest BCUT2D eigenvalue weighted by Crippen LogP contribution is 2.48. The van der Waals surface area contributed by atoms with Gasteiger partial charge in [0.1, 0.15) is 0 Å². The summed E-state index contributed by atoms with van der Waals surface area (Å²) in [5.74, 6) is 0. The van der Waals surface area contributed by atoms with Gasteiger partial charge in [0.05, 0.1) is 22.8 Å². The Balaban J connectivity index is 0.535. The lowest BCUT2D eigenvalue weighted by atomic mass is 9.85. The SMILES string of the molecule is C1=NC=C(c2ccc(-c3cc(-c4ccc(-c5ccc(-c6ccc(-c7ccc(-c8cc(-c9ccc(-c%10cncc(-c%11cncc(-c%12ccc(-c%13cc(-c%14ccc(-c%15cccnc%15)cc%14)c(-c%14ccccn%14)cc%13-c%13ccccn%13)cc%12)c%11)c%10)cc9)c(-c9cccnc9)cc8-c8cccnc8)cc7)cn6)nc5)cc4)c(-c4ccncc4)cc3-c3ccncc3)cc2)CC1. The second-order valence-electron chi connectivity index (χ2n) is 31.2. The number of benzene rings is 9. The second-order valence-corrected chi connectivity index (χ2v) is 31.2. The number of hydrogen-bond donors (Lipinski definition) is 0. The number of allylic oxidation sites excluding steroid dienone is 1. The van der Waals surface area contributed by atoms with Gasteiger partial charge in [0, 0.05) is 180 Å². The van der Waals surface area contributed by atoms with Crippen molar-refractivity contribution in [1.82, 2.24) is 54.8 Å². The summed E-state index contributed by atoms with van der Waals surface area (Å²) in [6, 6.07) is 112. The summed E-state index contributed by atoms with van der Waals surface area (Å²) < 4.78 is 0. The maximum atomic E-state index is 5.00. The van der Waals surface area contributed by atoms with Crippen LogP contribution in [-0.2, 0) is 0 Å². The van der Waals surface area contributed by atoms with Gasteiger partial charge in [-0.2, -0.15) is 0 Å². The molecular formula is C114H76N12. The molecule has 0 N–H and O–H groups in total. The van der Waals surface area contributed by atoms with Crippen molar-refractivity contribution >= 4 is 11.8 Å². The van der Waals surface area contributed by atoms with E-state index in [1.165, 1.54) is 11.1 Å². The Morgan fingerprint density at radius 2 is 0.444 bits per heavy atom. The van der Waals surface area contributed by atoms with Crippen LogP contribution in [0.15, 0.2) is 438 Å². The van der Waals surface area contributed by atoms with E-state index in [1.54, 1.807) is 6.20 Å². The third kappa shape index (κ3) is 15.9. The Bertz CT molecular complexity index is 7360. The van der Waals surface area contributed by atoms with E-state index < -0.39 is 0 Å². The predicted octanol–water partition coefficient (Wildman–Crippen LogP) is 27.9. The van der Waals surface area contributed by atoms with Crippen LogP contribution < -0.4 is 0 Å². The van der Waals surface area contributed by atoms with Crippen LogP contribution in [0.4, 0.5) is 0 Å². The molecule has 0 fully saturated rings. The van der Waals surface area contributed by atoms with Crippen LogP contribution in [0.3, 0.4) is 0 Å². The molecule has 126 heavy (non-hydrogen) atoms. The normalized spacial score (nSPS) is 11.8. The lowest BCUT2D eigenvalue weighted by Crippen LogP contribution is -1.95. The Morgan fingerprint density at radius 1 is 0.159 bits per heavy atom. The summed E-state index contributed by atoms with van der Waals surface area (Å²) in [4.78, 5) is 56.3. The minimum Gasteiger partial charge on any atom is -0.269 e. The average Bonchev–Trinajstić information content (AvgIpc) is 0.770. The summed E-state index contributed by atoms with van der Waals surface area (Å²) in [5.41, 5.74) is 41.5. The molecule has 0 atom stereocenters. The fraction of sp³-hybridized carbons (Fsp3) is 0.0175. The predicted molar refractivity (Wildman–Crippen MR) is 511 cm³/mol. The van der Waals surface area contributed by atoms with Crippen LogP contribution in [0, 0.1) is 0 Å². The fourth-order valence-corrected chi connectivity index (χ4v) is 17.0. The van der Waals surface area contributed by atoms with Crippen molar-refractivity contribution in [1.29, 1.82) is 0 Å². The smallest absolute Gasteiger partial charge is 0.0886 e. The molecule has 1 aliphatic rings. The van der Waals surface area contributed by atoms with E-state index >= 15 is 0 Å². The second kappa shape index (κ2) is 34.6. The van der Waals surface area contributed by atoms with Crippen molar-refractivity contribution < 1.29 is 0 Å². The van der Waals surface area contributed by atoms with E-state index in [1.807, 2.05) is 160 Å². The molecular weight excluding hydrogens is 1540 g/mol. The zero-order valence-electron chi connectivity index (χ0n) is 68.3. The van der Waals surface area contributed by atoms with Crippen molar-refractivity contribution in [2.24, 2.45) is 4.99 Å². The third-order valence-corrected chi connectivity index (χ3v) is 23.6. The first kappa shape index (κ1) is 76.4. The van der Waals surface area contributed by atoms with Gasteiger partial charge in [-0.05, 0) is 285 Å². The van der Waals surface area contributed by atoms with Gasteiger partial charge in [-0.1, -0.05) is 188 Å². The lowest BCUT2D eigenvalue weighted by molar-refractivity contribution is 1.10. The number of rotatable bonds is 20. The highest BCUT2D eigenvalue weighted by molar-refractivity contribution is 5.99. The molecule has 0 bridgehead atoms. The molecule has 1 aliphatic heterocycles. The number of nitrogens with zero attached hydrogens (tertiary/aromatic N) is 12. The van der Waals surface area contributed by atoms with Crippen molar-refractivity contribution in [3.05, 3.63) is 439 Å². The summed E-state index contributed by atoms with van der Waals surface area (Å²) in [5, 5.41) is 0. The molecule has 9 aromatic carbocycles. The van der Waals surface area contributed by atoms with Crippen molar-refractivity contribution in [2.75, 3.05) is 0 Å². The van der Waals surface area contributed by atoms with E-state index in [0.29, 0.717) is 0 Å². The first-order valence-electron chi connectivity index (χ1n) is 42.0. The Hall–Kier alpha value is -17.0. The molecule has 0 spiro atoms. The Labute approximate surface area is 730 Å². The molecule has 592 valence electrons. The zero-order chi connectivity index (χ0) is 83.9. The quantitative estimate of drug-likeness (QED) is 0.0716. The van der Waals surface area contributed by atoms with Gasteiger partial charge in [-0.25, -0.2) is 0 Å². The first-order valence-corrected chi connectivity index (χ1v) is 42.0. The average molecular weight is 1610 g/mol. The molecule has 0 radical (unpaired) electrons. The van der Waals surface area contributed by atoms with Crippen molar-refractivity contribution in [2.45, 2.75) is 12.8 Å². The van der Waals surface area contributed by atoms with Gasteiger partial charge in [-0.15, -0.1) is 0 Å². The maximum absolute atomic E-state index is 5.00. The minimum atomic E-state index is 0.786. The van der Waals surface area contributed by atoms with Crippen molar-refractivity contribution in [3.63, 3.8) is 0 Å². The summed E-state index contributed by atoms with van der Waals surface area (Å²) in [6.07, 6.45) is 39.8. The molecule has 0 saturated heterocycles. The van der Waals surface area contributed by atoms with Gasteiger partial charge in [0.2, 0.25) is 0 Å². The van der Waals surface area contributed by atoms with Crippen LogP contribution >= 0.6 is 0 Å². The van der Waals surface area contributed by atoms with E-state index in [4.69, 9.17) is 29.9 Å². The number of pyridine rings is 11. The van der Waals surface area contributed by atoms with Gasteiger partial charge < -0.3 is 0 Å². The van der Waals surface area contributed by atoms with Gasteiger partial charge in [-0.3, -0.25) is 59.8 Å². The molecule has 0 unspecified atom stereocenters. The van der Waals surface area contributed by atoms with Crippen LogP contribution in [0.5, 0.6) is 0 Å². The lowest BCUT2D eigenvalue weighted by Gasteiger charge is -2.19. The van der Waals surface area contributed by atoms with Gasteiger partial charge in [0.25, 0.3) is 0 Å². The largest absolute Gasteiger partial charge is 0.269 e. The number of aliphatic imine (C=N–C) groups is 1. The fourth-order valence-electron chi connectivity index (χ4n) is 17.0. The third-order valence-electron chi connectivity index (χ3n) is 23.6. The summed E-state index contributed by atoms with van der Waals surface area (Å²) in [6.45, 7) is 0. The summed E-state index contributed by atoms with van der Waals surface area (Å²) in [7, 11) is 0. The minimum absolute atomic E-state index is 0.786. The summed E-state index contributed by atoms with van der Waals surface area (Å²) >= 11 is 0. The monoisotopic (exact) mass is 1610 g/mol. The molecule has 0 saturated carbocycles. The molecule has 21 rings (SSSR count). The zero-order valence-corrected chi connectivity index (χ0v) is 68.3. The molecule has 11 aromatic heterocycles. The van der Waals surface area contributed by atoms with Crippen molar-refractivity contribution in [3.8, 4) is 212 Å². The first-order chi connectivity index (χ1) is 62.4. The molecule has 20 aromatic rings.